The van der Waals surface area contributed by atoms with E-state index in [1.54, 1.807) is 36.4 Å². The average molecular weight is 321 g/mol. The Kier molecular flexibility index (Phi) is 5.49. The second-order valence-electron chi connectivity index (χ2n) is 4.61. The molecule has 0 spiro atoms. The Morgan fingerprint density at radius 2 is 1.68 bits per heavy atom. The normalized spacial score (nSPS) is 10.1. The fraction of sp³-hybridized carbons (Fsp3) is 0.125. The van der Waals surface area contributed by atoms with E-state index in [0.717, 1.165) is 5.56 Å². The molecule has 0 atom stereocenters. The number of aryl methyl sites for hydroxylation is 1. The lowest BCUT2D eigenvalue weighted by molar-refractivity contribution is -0.121. The third-order valence-electron chi connectivity index (χ3n) is 2.99. The van der Waals surface area contributed by atoms with Gasteiger partial charge in [-0.15, -0.1) is 0 Å². The smallest absolute Gasteiger partial charge is 0.271 e. The maximum Gasteiger partial charge on any atom is 0.271 e. The number of benzene rings is 2. The van der Waals surface area contributed by atoms with Crippen LogP contribution in [0.15, 0.2) is 48.5 Å². The van der Waals surface area contributed by atoms with Gasteiger partial charge in [0.15, 0.2) is 0 Å². The zero-order valence-corrected chi connectivity index (χ0v) is 12.4. The monoisotopic (exact) mass is 320 g/mol. The highest BCUT2D eigenvalue weighted by Gasteiger charge is 2.10. The van der Waals surface area contributed by atoms with Crippen molar-refractivity contribution in [2.75, 3.05) is 0 Å². The highest BCUT2D eigenvalue weighted by molar-refractivity contribution is 6.33. The van der Waals surface area contributed by atoms with Gasteiger partial charge in [0.05, 0.1) is 10.6 Å². The van der Waals surface area contributed by atoms with Crippen LogP contribution in [0.1, 0.15) is 22.3 Å². The summed E-state index contributed by atoms with van der Waals surface area (Å²) < 4.78 is 12.8. The number of hydrogen-bond donors (Lipinski definition) is 2. The van der Waals surface area contributed by atoms with E-state index in [1.807, 2.05) is 0 Å². The standard InChI is InChI=1S/C16H14ClFN2O2/c17-14-4-2-1-3-13(14)16(22)20-19-15(21)10-7-11-5-8-12(18)9-6-11/h1-6,8-9H,7,10H2,(H,19,21)(H,20,22). The summed E-state index contributed by atoms with van der Waals surface area (Å²) in [4.78, 5) is 23.5. The zero-order valence-electron chi connectivity index (χ0n) is 11.6. The number of rotatable bonds is 4. The predicted molar refractivity (Wildman–Crippen MR) is 81.8 cm³/mol. The van der Waals surface area contributed by atoms with Gasteiger partial charge in [0.1, 0.15) is 5.82 Å². The van der Waals surface area contributed by atoms with Crippen LogP contribution in [0.5, 0.6) is 0 Å². The quantitative estimate of drug-likeness (QED) is 0.851. The molecule has 0 aliphatic heterocycles. The Morgan fingerprint density at radius 3 is 2.36 bits per heavy atom. The van der Waals surface area contributed by atoms with Crippen LogP contribution in [0.3, 0.4) is 0 Å². The first-order valence-corrected chi connectivity index (χ1v) is 7.02. The van der Waals surface area contributed by atoms with Crippen molar-refractivity contribution in [3.05, 3.63) is 70.5 Å². The van der Waals surface area contributed by atoms with Crippen molar-refractivity contribution < 1.29 is 14.0 Å². The van der Waals surface area contributed by atoms with Gasteiger partial charge >= 0.3 is 0 Å². The van der Waals surface area contributed by atoms with Gasteiger partial charge in [-0.1, -0.05) is 35.9 Å². The topological polar surface area (TPSA) is 58.2 Å². The molecule has 2 aromatic rings. The van der Waals surface area contributed by atoms with Gasteiger partial charge in [-0.3, -0.25) is 20.4 Å². The molecule has 2 aromatic carbocycles. The van der Waals surface area contributed by atoms with Gasteiger partial charge in [-0.05, 0) is 36.2 Å². The van der Waals surface area contributed by atoms with Crippen molar-refractivity contribution in [2.24, 2.45) is 0 Å². The molecule has 2 rings (SSSR count). The second kappa shape index (κ2) is 7.56. The summed E-state index contributed by atoms with van der Waals surface area (Å²) in [5.74, 6) is -1.15. The van der Waals surface area contributed by atoms with E-state index < -0.39 is 5.91 Å². The van der Waals surface area contributed by atoms with Gasteiger partial charge in [0.25, 0.3) is 5.91 Å². The molecule has 0 bridgehead atoms. The molecule has 6 heteroatoms. The summed E-state index contributed by atoms with van der Waals surface area (Å²) in [6.07, 6.45) is 0.627. The molecular formula is C16H14ClFN2O2. The summed E-state index contributed by atoms with van der Waals surface area (Å²) in [6, 6.07) is 12.4. The third-order valence-corrected chi connectivity index (χ3v) is 3.32. The van der Waals surface area contributed by atoms with E-state index in [9.17, 15) is 14.0 Å². The first kappa shape index (κ1) is 16.0. The number of halogens is 2. The van der Waals surface area contributed by atoms with E-state index in [0.29, 0.717) is 11.4 Å². The summed E-state index contributed by atoms with van der Waals surface area (Å²) in [6.45, 7) is 0. The number of hydrogen-bond acceptors (Lipinski definition) is 2. The minimum atomic E-state index is -0.485. The van der Waals surface area contributed by atoms with Crippen molar-refractivity contribution in [3.8, 4) is 0 Å². The van der Waals surface area contributed by atoms with Crippen molar-refractivity contribution in [1.82, 2.24) is 10.9 Å². The second-order valence-corrected chi connectivity index (χ2v) is 5.02. The van der Waals surface area contributed by atoms with Crippen LogP contribution in [-0.4, -0.2) is 11.8 Å². The van der Waals surface area contributed by atoms with E-state index >= 15 is 0 Å². The van der Waals surface area contributed by atoms with Crippen LogP contribution in [0.2, 0.25) is 5.02 Å². The molecule has 114 valence electrons. The highest BCUT2D eigenvalue weighted by atomic mass is 35.5. The van der Waals surface area contributed by atoms with E-state index in [-0.39, 0.29) is 23.7 Å². The number of amides is 2. The minimum Gasteiger partial charge on any atom is -0.273 e. The predicted octanol–water partition coefficient (Wildman–Crippen LogP) is 2.87. The van der Waals surface area contributed by atoms with Gasteiger partial charge in [-0.2, -0.15) is 0 Å². The molecule has 0 fully saturated rings. The summed E-state index contributed by atoms with van der Waals surface area (Å²) >= 11 is 5.88. The van der Waals surface area contributed by atoms with Crippen LogP contribution >= 0.6 is 11.6 Å². The SMILES string of the molecule is O=C(CCc1ccc(F)cc1)NNC(=O)c1ccccc1Cl. The molecule has 0 saturated heterocycles. The Balaban J connectivity index is 1.79. The van der Waals surface area contributed by atoms with Crippen molar-refractivity contribution >= 4 is 23.4 Å². The zero-order chi connectivity index (χ0) is 15.9. The molecule has 0 heterocycles. The molecule has 22 heavy (non-hydrogen) atoms. The maximum atomic E-state index is 12.8. The Hall–Kier alpha value is -2.40. The molecule has 2 amide bonds. The van der Waals surface area contributed by atoms with Gasteiger partial charge < -0.3 is 0 Å². The van der Waals surface area contributed by atoms with E-state index in [2.05, 4.69) is 10.9 Å². The Morgan fingerprint density at radius 1 is 1.00 bits per heavy atom. The fourth-order valence-electron chi connectivity index (χ4n) is 1.81. The van der Waals surface area contributed by atoms with Gasteiger partial charge in [0, 0.05) is 6.42 Å². The number of nitrogens with one attached hydrogen (secondary N) is 2. The van der Waals surface area contributed by atoms with Gasteiger partial charge in [0.2, 0.25) is 5.91 Å². The molecule has 0 radical (unpaired) electrons. The average Bonchev–Trinajstić information content (AvgIpc) is 2.52. The number of hydrazine groups is 1. The lowest BCUT2D eigenvalue weighted by Gasteiger charge is -2.08. The molecule has 0 aromatic heterocycles. The van der Waals surface area contributed by atoms with Crippen molar-refractivity contribution in [3.63, 3.8) is 0 Å². The lowest BCUT2D eigenvalue weighted by Crippen LogP contribution is -2.41. The van der Waals surface area contributed by atoms with E-state index in [4.69, 9.17) is 11.6 Å². The van der Waals surface area contributed by atoms with Gasteiger partial charge in [-0.25, -0.2) is 4.39 Å². The van der Waals surface area contributed by atoms with Crippen LogP contribution in [0.25, 0.3) is 0 Å². The molecule has 2 N–H and O–H groups in total. The highest BCUT2D eigenvalue weighted by Crippen LogP contribution is 2.14. The molecule has 0 unspecified atom stereocenters. The van der Waals surface area contributed by atoms with Crippen LogP contribution in [0.4, 0.5) is 4.39 Å². The molecule has 4 nitrogen and oxygen atoms in total. The number of carbonyl (C=O) groups is 2. The maximum absolute atomic E-state index is 12.8. The molecule has 0 aliphatic carbocycles. The first-order valence-electron chi connectivity index (χ1n) is 6.64. The van der Waals surface area contributed by atoms with Crippen LogP contribution in [0, 0.1) is 5.82 Å². The van der Waals surface area contributed by atoms with Crippen LogP contribution < -0.4 is 10.9 Å². The van der Waals surface area contributed by atoms with Crippen molar-refractivity contribution in [1.29, 1.82) is 0 Å². The Bertz CT molecular complexity index is 674. The van der Waals surface area contributed by atoms with Crippen molar-refractivity contribution in [2.45, 2.75) is 12.8 Å². The Labute approximate surface area is 132 Å². The fourth-order valence-corrected chi connectivity index (χ4v) is 2.03. The molecular weight excluding hydrogens is 307 g/mol. The number of carbonyl (C=O) groups excluding carboxylic acids is 2. The summed E-state index contributed by atoms with van der Waals surface area (Å²) in [5, 5.41) is 0.306. The summed E-state index contributed by atoms with van der Waals surface area (Å²) in [5.41, 5.74) is 5.74. The molecule has 0 saturated carbocycles. The summed E-state index contributed by atoms with van der Waals surface area (Å²) in [7, 11) is 0. The minimum absolute atomic E-state index is 0.175. The van der Waals surface area contributed by atoms with Crippen LogP contribution in [-0.2, 0) is 11.2 Å². The first-order chi connectivity index (χ1) is 10.6. The largest absolute Gasteiger partial charge is 0.273 e. The lowest BCUT2D eigenvalue weighted by atomic mass is 10.1. The third kappa shape index (κ3) is 4.56. The van der Waals surface area contributed by atoms with E-state index in [1.165, 1.54) is 12.1 Å². The molecule has 0 aliphatic rings.